The first-order valence-electron chi connectivity index (χ1n) is 6.22. The number of hydrogen-bond acceptors (Lipinski definition) is 2. The molecule has 1 fully saturated rings. The molecule has 1 aromatic heterocycles. The van der Waals surface area contributed by atoms with Crippen molar-refractivity contribution in [1.29, 1.82) is 0 Å². The second kappa shape index (κ2) is 5.65. The summed E-state index contributed by atoms with van der Waals surface area (Å²) in [6.45, 7) is 3.42. The first-order valence-corrected chi connectivity index (χ1v) is 6.60. The third kappa shape index (κ3) is 3.19. The maximum Gasteiger partial charge on any atom is 0.257 e. The van der Waals surface area contributed by atoms with E-state index in [4.69, 9.17) is 11.6 Å². The lowest BCUT2D eigenvalue weighted by Crippen LogP contribution is -2.34. The van der Waals surface area contributed by atoms with Crippen molar-refractivity contribution in [1.82, 2.24) is 9.88 Å². The van der Waals surface area contributed by atoms with Gasteiger partial charge in [-0.2, -0.15) is 0 Å². The number of nitrogens with zero attached hydrogens (tertiary/aromatic N) is 2. The summed E-state index contributed by atoms with van der Waals surface area (Å²) in [5.41, 5.74) is 0.158. The number of rotatable bonds is 5. The third-order valence-electron chi connectivity index (χ3n) is 2.99. The molecule has 0 spiro atoms. The quantitative estimate of drug-likeness (QED) is 0.770. The van der Waals surface area contributed by atoms with Gasteiger partial charge >= 0.3 is 0 Å². The first-order chi connectivity index (χ1) is 8.61. The molecule has 0 saturated heterocycles. The Morgan fingerprint density at radius 1 is 1.61 bits per heavy atom. The van der Waals surface area contributed by atoms with Crippen LogP contribution in [0.25, 0.3) is 0 Å². The van der Waals surface area contributed by atoms with E-state index in [-0.39, 0.29) is 16.6 Å². The molecule has 1 amide bonds. The Morgan fingerprint density at radius 3 is 2.94 bits per heavy atom. The molecule has 0 N–H and O–H groups in total. The molecule has 5 heteroatoms. The highest BCUT2D eigenvalue weighted by Gasteiger charge is 2.28. The van der Waals surface area contributed by atoms with Crippen LogP contribution in [-0.2, 0) is 0 Å². The average molecular weight is 271 g/mol. The van der Waals surface area contributed by atoms with E-state index in [1.54, 1.807) is 4.90 Å². The molecular weight excluding hydrogens is 255 g/mol. The highest BCUT2D eigenvalue weighted by atomic mass is 35.5. The van der Waals surface area contributed by atoms with Gasteiger partial charge in [0.25, 0.3) is 5.91 Å². The van der Waals surface area contributed by atoms with Gasteiger partial charge in [-0.05, 0) is 31.2 Å². The van der Waals surface area contributed by atoms with Crippen molar-refractivity contribution in [2.24, 2.45) is 5.92 Å². The van der Waals surface area contributed by atoms with Gasteiger partial charge in [0.15, 0.2) is 0 Å². The van der Waals surface area contributed by atoms with Crippen molar-refractivity contribution >= 4 is 17.5 Å². The molecule has 0 radical (unpaired) electrons. The molecule has 2 rings (SSSR count). The van der Waals surface area contributed by atoms with Crippen LogP contribution < -0.4 is 0 Å². The SMILES string of the molecule is CCCN(CC1CC1)C(=O)c1cc(F)cnc1Cl. The van der Waals surface area contributed by atoms with Crippen LogP contribution in [-0.4, -0.2) is 28.9 Å². The molecule has 18 heavy (non-hydrogen) atoms. The number of carbonyl (C=O) groups excluding carboxylic acids is 1. The molecule has 0 bridgehead atoms. The fraction of sp³-hybridized carbons (Fsp3) is 0.538. The lowest BCUT2D eigenvalue weighted by Gasteiger charge is -2.22. The summed E-state index contributed by atoms with van der Waals surface area (Å²) in [5, 5.41) is 0.0679. The molecule has 0 unspecified atom stereocenters. The van der Waals surface area contributed by atoms with Crippen LogP contribution in [0.2, 0.25) is 5.15 Å². The Bertz CT molecular complexity index is 449. The number of amides is 1. The fourth-order valence-electron chi connectivity index (χ4n) is 1.90. The molecule has 1 aromatic rings. The van der Waals surface area contributed by atoms with E-state index in [2.05, 4.69) is 4.98 Å². The summed E-state index contributed by atoms with van der Waals surface area (Å²) in [5.74, 6) is -0.160. The number of halogens is 2. The zero-order valence-electron chi connectivity index (χ0n) is 10.3. The van der Waals surface area contributed by atoms with E-state index in [9.17, 15) is 9.18 Å². The van der Waals surface area contributed by atoms with Crippen LogP contribution in [0.4, 0.5) is 4.39 Å². The summed E-state index contributed by atoms with van der Waals surface area (Å²) in [7, 11) is 0. The van der Waals surface area contributed by atoms with Gasteiger partial charge in [0, 0.05) is 13.1 Å². The Kier molecular flexibility index (Phi) is 4.17. The van der Waals surface area contributed by atoms with Crippen molar-refractivity contribution < 1.29 is 9.18 Å². The van der Waals surface area contributed by atoms with E-state index >= 15 is 0 Å². The van der Waals surface area contributed by atoms with E-state index < -0.39 is 5.82 Å². The molecule has 0 atom stereocenters. The summed E-state index contributed by atoms with van der Waals surface area (Å²) in [4.78, 5) is 17.7. The van der Waals surface area contributed by atoms with E-state index in [1.165, 1.54) is 12.8 Å². The molecule has 1 saturated carbocycles. The Morgan fingerprint density at radius 2 is 2.33 bits per heavy atom. The van der Waals surface area contributed by atoms with Crippen LogP contribution in [0.1, 0.15) is 36.5 Å². The summed E-state index contributed by atoms with van der Waals surface area (Å²) in [6.07, 6.45) is 4.23. The van der Waals surface area contributed by atoms with Crippen molar-refractivity contribution in [3.05, 3.63) is 28.8 Å². The molecule has 1 heterocycles. The number of carbonyl (C=O) groups is 1. The number of hydrogen-bond donors (Lipinski definition) is 0. The molecule has 0 aliphatic heterocycles. The van der Waals surface area contributed by atoms with E-state index in [0.29, 0.717) is 12.5 Å². The lowest BCUT2D eigenvalue weighted by atomic mass is 10.2. The van der Waals surface area contributed by atoms with Gasteiger partial charge in [-0.1, -0.05) is 18.5 Å². The highest BCUT2D eigenvalue weighted by Crippen LogP contribution is 2.30. The van der Waals surface area contributed by atoms with Crippen LogP contribution in [0.15, 0.2) is 12.3 Å². The van der Waals surface area contributed by atoms with Gasteiger partial charge in [0.05, 0.1) is 11.8 Å². The Balaban J connectivity index is 2.17. The van der Waals surface area contributed by atoms with Crippen LogP contribution in [0.3, 0.4) is 0 Å². The third-order valence-corrected chi connectivity index (χ3v) is 3.29. The lowest BCUT2D eigenvalue weighted by molar-refractivity contribution is 0.0747. The van der Waals surface area contributed by atoms with Crippen molar-refractivity contribution in [2.75, 3.05) is 13.1 Å². The second-order valence-corrected chi connectivity index (χ2v) is 5.04. The normalized spacial score (nSPS) is 14.6. The van der Waals surface area contributed by atoms with E-state index in [1.807, 2.05) is 6.92 Å². The molecule has 0 aromatic carbocycles. The summed E-state index contributed by atoms with van der Waals surface area (Å²) < 4.78 is 13.1. The van der Waals surface area contributed by atoms with Gasteiger partial charge < -0.3 is 4.90 Å². The van der Waals surface area contributed by atoms with Crippen molar-refractivity contribution in [2.45, 2.75) is 26.2 Å². The van der Waals surface area contributed by atoms with Gasteiger partial charge in [0.1, 0.15) is 11.0 Å². The van der Waals surface area contributed by atoms with Gasteiger partial charge in [-0.25, -0.2) is 9.37 Å². The maximum atomic E-state index is 13.1. The van der Waals surface area contributed by atoms with Gasteiger partial charge in [-0.3, -0.25) is 4.79 Å². The second-order valence-electron chi connectivity index (χ2n) is 4.69. The number of aromatic nitrogens is 1. The smallest absolute Gasteiger partial charge is 0.257 e. The van der Waals surface area contributed by atoms with Crippen LogP contribution >= 0.6 is 11.6 Å². The molecule has 98 valence electrons. The molecule has 1 aliphatic rings. The molecule has 1 aliphatic carbocycles. The van der Waals surface area contributed by atoms with Crippen molar-refractivity contribution in [3.8, 4) is 0 Å². The highest BCUT2D eigenvalue weighted by molar-refractivity contribution is 6.32. The maximum absolute atomic E-state index is 13.1. The minimum Gasteiger partial charge on any atom is -0.338 e. The topological polar surface area (TPSA) is 33.2 Å². The van der Waals surface area contributed by atoms with Crippen LogP contribution in [0.5, 0.6) is 0 Å². The minimum absolute atomic E-state index is 0.0679. The van der Waals surface area contributed by atoms with Gasteiger partial charge in [0.2, 0.25) is 0 Å². The standard InChI is InChI=1S/C13H16ClFN2O/c1-2-5-17(8-9-3-4-9)13(18)11-6-10(15)7-16-12(11)14/h6-7,9H,2-5,8H2,1H3. The minimum atomic E-state index is -0.536. The summed E-state index contributed by atoms with van der Waals surface area (Å²) >= 11 is 5.86. The fourth-order valence-corrected chi connectivity index (χ4v) is 2.08. The molecule has 3 nitrogen and oxygen atoms in total. The predicted octanol–water partition coefficient (Wildman–Crippen LogP) is 3.14. The average Bonchev–Trinajstić information content (AvgIpc) is 3.15. The monoisotopic (exact) mass is 270 g/mol. The van der Waals surface area contributed by atoms with Gasteiger partial charge in [-0.15, -0.1) is 0 Å². The first kappa shape index (κ1) is 13.3. The summed E-state index contributed by atoms with van der Waals surface area (Å²) in [6, 6.07) is 1.16. The zero-order valence-corrected chi connectivity index (χ0v) is 11.1. The number of pyridine rings is 1. The Hall–Kier alpha value is -1.16. The largest absolute Gasteiger partial charge is 0.338 e. The predicted molar refractivity (Wildman–Crippen MR) is 68.1 cm³/mol. The van der Waals surface area contributed by atoms with Crippen LogP contribution in [0, 0.1) is 11.7 Å². The Labute approximate surface area is 111 Å². The zero-order chi connectivity index (χ0) is 13.1. The van der Waals surface area contributed by atoms with Crippen molar-refractivity contribution in [3.63, 3.8) is 0 Å². The molecular formula is C13H16ClFN2O. The van der Waals surface area contributed by atoms with E-state index in [0.717, 1.165) is 25.2 Å².